The highest BCUT2D eigenvalue weighted by Gasteiger charge is 2.12. The quantitative estimate of drug-likeness (QED) is 0.870. The third-order valence-corrected chi connectivity index (χ3v) is 4.07. The van der Waals surface area contributed by atoms with E-state index in [1.54, 1.807) is 11.3 Å². The van der Waals surface area contributed by atoms with Crippen LogP contribution in [0.25, 0.3) is 10.6 Å². The number of aromatic nitrogens is 1. The van der Waals surface area contributed by atoms with Gasteiger partial charge >= 0.3 is 0 Å². The molecule has 0 atom stereocenters. The summed E-state index contributed by atoms with van der Waals surface area (Å²) in [4.78, 5) is 18.0. The van der Waals surface area contributed by atoms with E-state index >= 15 is 0 Å². The molecule has 0 aliphatic heterocycles. The average Bonchev–Trinajstić information content (AvgIpc) is 2.87. The fourth-order valence-corrected chi connectivity index (χ4v) is 3.21. The molecule has 0 radical (unpaired) electrons. The van der Waals surface area contributed by atoms with Gasteiger partial charge in [0.15, 0.2) is 5.13 Å². The SMILES string of the molecule is Cc1sc(NC(=O)CCCl)nc1-c1cccs1. The zero-order valence-corrected chi connectivity index (χ0v) is 11.6. The number of anilines is 1. The molecule has 0 bridgehead atoms. The molecule has 0 spiro atoms. The molecule has 2 heterocycles. The van der Waals surface area contributed by atoms with Crippen LogP contribution in [0.4, 0.5) is 5.13 Å². The van der Waals surface area contributed by atoms with Crippen molar-refractivity contribution < 1.29 is 4.79 Å². The third-order valence-electron chi connectivity index (χ3n) is 2.12. The lowest BCUT2D eigenvalue weighted by atomic mass is 10.3. The minimum Gasteiger partial charge on any atom is -0.302 e. The van der Waals surface area contributed by atoms with Gasteiger partial charge in [0.25, 0.3) is 0 Å². The zero-order valence-electron chi connectivity index (χ0n) is 9.20. The first-order valence-corrected chi connectivity index (χ1v) is 7.31. The molecule has 0 aromatic carbocycles. The number of rotatable bonds is 4. The van der Waals surface area contributed by atoms with Gasteiger partial charge in [-0.2, -0.15) is 0 Å². The molecule has 0 aliphatic rings. The average molecular weight is 287 g/mol. The van der Waals surface area contributed by atoms with Crippen molar-refractivity contribution in [3.8, 4) is 10.6 Å². The van der Waals surface area contributed by atoms with Crippen LogP contribution in [-0.4, -0.2) is 16.8 Å². The first kappa shape index (κ1) is 12.5. The van der Waals surface area contributed by atoms with E-state index in [9.17, 15) is 4.79 Å². The van der Waals surface area contributed by atoms with Crippen molar-refractivity contribution in [2.45, 2.75) is 13.3 Å². The van der Waals surface area contributed by atoms with Crippen molar-refractivity contribution in [3.05, 3.63) is 22.4 Å². The molecule has 2 rings (SSSR count). The Morgan fingerprint density at radius 1 is 1.59 bits per heavy atom. The molecule has 0 unspecified atom stereocenters. The number of hydrogen-bond acceptors (Lipinski definition) is 4. The first-order chi connectivity index (χ1) is 8.20. The van der Waals surface area contributed by atoms with E-state index < -0.39 is 0 Å². The lowest BCUT2D eigenvalue weighted by molar-refractivity contribution is -0.115. The molecule has 90 valence electrons. The maximum Gasteiger partial charge on any atom is 0.227 e. The first-order valence-electron chi connectivity index (χ1n) is 5.08. The van der Waals surface area contributed by atoms with E-state index in [0.29, 0.717) is 17.4 Å². The number of carbonyl (C=O) groups excluding carboxylic acids is 1. The molecule has 3 nitrogen and oxygen atoms in total. The zero-order chi connectivity index (χ0) is 12.3. The highest BCUT2D eigenvalue weighted by atomic mass is 35.5. The molecule has 1 N–H and O–H groups in total. The van der Waals surface area contributed by atoms with Crippen molar-refractivity contribution in [2.24, 2.45) is 0 Å². The Hall–Kier alpha value is -0.910. The Labute approximate surface area is 112 Å². The normalized spacial score (nSPS) is 10.5. The second-order valence-electron chi connectivity index (χ2n) is 3.39. The molecule has 0 saturated heterocycles. The van der Waals surface area contributed by atoms with Crippen LogP contribution in [0, 0.1) is 6.92 Å². The van der Waals surface area contributed by atoms with E-state index in [2.05, 4.69) is 10.3 Å². The number of nitrogens with one attached hydrogen (secondary N) is 1. The maximum absolute atomic E-state index is 11.4. The van der Waals surface area contributed by atoms with Gasteiger partial charge < -0.3 is 5.32 Å². The second-order valence-corrected chi connectivity index (χ2v) is 5.92. The van der Waals surface area contributed by atoms with E-state index in [4.69, 9.17) is 11.6 Å². The predicted molar refractivity (Wildman–Crippen MR) is 74.1 cm³/mol. The van der Waals surface area contributed by atoms with Gasteiger partial charge in [-0.3, -0.25) is 4.79 Å². The molecule has 0 fully saturated rings. The van der Waals surface area contributed by atoms with Crippen molar-refractivity contribution in [3.63, 3.8) is 0 Å². The summed E-state index contributed by atoms with van der Waals surface area (Å²) in [7, 11) is 0. The van der Waals surface area contributed by atoms with Crippen LogP contribution in [0.5, 0.6) is 0 Å². The second kappa shape index (κ2) is 5.62. The van der Waals surface area contributed by atoms with Gasteiger partial charge in [0.05, 0.1) is 10.6 Å². The van der Waals surface area contributed by atoms with Gasteiger partial charge in [0.2, 0.25) is 5.91 Å². The molecule has 6 heteroatoms. The standard InChI is InChI=1S/C11H11ClN2OS2/c1-7-10(8-3-2-6-16-8)14-11(17-7)13-9(15)4-5-12/h2-3,6H,4-5H2,1H3,(H,13,14,15). The van der Waals surface area contributed by atoms with Crippen LogP contribution < -0.4 is 5.32 Å². The van der Waals surface area contributed by atoms with E-state index in [1.807, 2.05) is 24.4 Å². The Kier molecular flexibility index (Phi) is 4.15. The molecule has 0 aliphatic carbocycles. The monoisotopic (exact) mass is 286 g/mol. The van der Waals surface area contributed by atoms with Gasteiger partial charge in [-0.05, 0) is 18.4 Å². The van der Waals surface area contributed by atoms with Gasteiger partial charge in [-0.25, -0.2) is 4.98 Å². The summed E-state index contributed by atoms with van der Waals surface area (Å²) in [5.41, 5.74) is 0.950. The number of nitrogens with zero attached hydrogens (tertiary/aromatic N) is 1. The molecule has 2 aromatic rings. The predicted octanol–water partition coefficient (Wildman–Crippen LogP) is 3.75. The number of thiophene rings is 1. The molecule has 0 saturated carbocycles. The minimum absolute atomic E-state index is 0.0912. The number of aryl methyl sites for hydroxylation is 1. The Morgan fingerprint density at radius 3 is 3.06 bits per heavy atom. The summed E-state index contributed by atoms with van der Waals surface area (Å²) in [6.07, 6.45) is 0.314. The summed E-state index contributed by atoms with van der Waals surface area (Å²) >= 11 is 8.63. The van der Waals surface area contributed by atoms with Crippen molar-refractivity contribution in [1.82, 2.24) is 4.98 Å². The van der Waals surface area contributed by atoms with E-state index in [0.717, 1.165) is 15.4 Å². The van der Waals surface area contributed by atoms with Gasteiger partial charge in [-0.1, -0.05) is 6.07 Å². The number of amides is 1. The number of halogens is 1. The number of hydrogen-bond donors (Lipinski definition) is 1. The van der Waals surface area contributed by atoms with Crippen molar-refractivity contribution >= 4 is 45.3 Å². The summed E-state index contributed by atoms with van der Waals surface area (Å²) < 4.78 is 0. The lowest BCUT2D eigenvalue weighted by Gasteiger charge is -1.97. The topological polar surface area (TPSA) is 42.0 Å². The summed E-state index contributed by atoms with van der Waals surface area (Å²) in [5, 5.41) is 5.41. The smallest absolute Gasteiger partial charge is 0.227 e. The molecule has 1 amide bonds. The van der Waals surface area contributed by atoms with E-state index in [1.165, 1.54) is 11.3 Å². The fourth-order valence-electron chi connectivity index (χ4n) is 1.36. The van der Waals surface area contributed by atoms with Crippen molar-refractivity contribution in [2.75, 3.05) is 11.2 Å². The van der Waals surface area contributed by atoms with Crippen LogP contribution in [0.2, 0.25) is 0 Å². The van der Waals surface area contributed by atoms with Crippen molar-refractivity contribution in [1.29, 1.82) is 0 Å². The largest absolute Gasteiger partial charge is 0.302 e. The third kappa shape index (κ3) is 3.06. The highest BCUT2D eigenvalue weighted by molar-refractivity contribution is 7.17. The van der Waals surface area contributed by atoms with Crippen LogP contribution in [0.1, 0.15) is 11.3 Å². The van der Waals surface area contributed by atoms with Gasteiger partial charge in [0.1, 0.15) is 0 Å². The minimum atomic E-state index is -0.0912. The van der Waals surface area contributed by atoms with E-state index in [-0.39, 0.29) is 5.91 Å². The van der Waals surface area contributed by atoms with Gasteiger partial charge in [-0.15, -0.1) is 34.3 Å². The lowest BCUT2D eigenvalue weighted by Crippen LogP contribution is -2.11. The van der Waals surface area contributed by atoms with Gasteiger partial charge in [0, 0.05) is 17.2 Å². The maximum atomic E-state index is 11.4. The Bertz CT molecular complexity index is 508. The molecule has 2 aromatic heterocycles. The highest BCUT2D eigenvalue weighted by Crippen LogP contribution is 2.32. The number of thiazole rings is 1. The van der Waals surface area contributed by atoms with Crippen LogP contribution in [0.15, 0.2) is 17.5 Å². The van der Waals surface area contributed by atoms with Crippen LogP contribution in [-0.2, 0) is 4.79 Å². The van der Waals surface area contributed by atoms with Crippen LogP contribution in [0.3, 0.4) is 0 Å². The summed E-state index contributed by atoms with van der Waals surface area (Å²) in [6, 6.07) is 4.02. The number of carbonyl (C=O) groups is 1. The molecular formula is C11H11ClN2OS2. The molecular weight excluding hydrogens is 276 g/mol. The Balaban J connectivity index is 2.17. The Morgan fingerprint density at radius 2 is 2.41 bits per heavy atom. The number of alkyl halides is 1. The summed E-state index contributed by atoms with van der Waals surface area (Å²) in [5.74, 6) is 0.236. The summed E-state index contributed by atoms with van der Waals surface area (Å²) in [6.45, 7) is 2.00. The molecule has 17 heavy (non-hydrogen) atoms. The fraction of sp³-hybridized carbons (Fsp3) is 0.273. The van der Waals surface area contributed by atoms with Crippen LogP contribution >= 0.6 is 34.3 Å².